The van der Waals surface area contributed by atoms with Crippen LogP contribution in [-0.2, 0) is 9.59 Å². The number of hydrogen-bond acceptors (Lipinski definition) is 3. The first kappa shape index (κ1) is 11.9. The maximum absolute atomic E-state index is 11.1. The average Bonchev–Trinajstić information content (AvgIpc) is 2.10. The van der Waals surface area contributed by atoms with Crippen molar-refractivity contribution in [3.05, 3.63) is 0 Å². The predicted octanol–water partition coefficient (Wildman–Crippen LogP) is -0.425. The van der Waals surface area contributed by atoms with Crippen LogP contribution >= 0.6 is 0 Å². The summed E-state index contributed by atoms with van der Waals surface area (Å²) in [7, 11) is 1.54. The van der Waals surface area contributed by atoms with E-state index in [1.54, 1.807) is 0 Å². The van der Waals surface area contributed by atoms with E-state index in [9.17, 15) is 9.59 Å². The van der Waals surface area contributed by atoms with Crippen LogP contribution in [0.25, 0.3) is 0 Å². The third-order valence-electron chi connectivity index (χ3n) is 1.66. The van der Waals surface area contributed by atoms with Crippen LogP contribution in [-0.4, -0.2) is 36.6 Å². The Kier molecular flexibility index (Phi) is 5.88. The summed E-state index contributed by atoms with van der Waals surface area (Å²) in [4.78, 5) is 21.4. The van der Waals surface area contributed by atoms with Crippen molar-refractivity contribution in [2.45, 2.75) is 25.8 Å². The molecule has 0 aromatic heterocycles. The largest absolute Gasteiger partial charge is 0.481 e. The zero-order valence-corrected chi connectivity index (χ0v) is 7.96. The van der Waals surface area contributed by atoms with E-state index < -0.39 is 12.0 Å². The summed E-state index contributed by atoms with van der Waals surface area (Å²) in [6.07, 6.45) is 0.327. The number of nitrogens with one attached hydrogen (secondary N) is 2. The van der Waals surface area contributed by atoms with Crippen LogP contribution in [0.3, 0.4) is 0 Å². The van der Waals surface area contributed by atoms with Crippen molar-refractivity contribution in [2.24, 2.45) is 0 Å². The van der Waals surface area contributed by atoms with Crippen molar-refractivity contribution in [1.29, 1.82) is 0 Å². The van der Waals surface area contributed by atoms with E-state index in [0.717, 1.165) is 0 Å². The van der Waals surface area contributed by atoms with Crippen LogP contribution in [0.4, 0.5) is 0 Å². The van der Waals surface area contributed by atoms with Gasteiger partial charge < -0.3 is 15.7 Å². The molecular formula is C8H16N2O3. The average molecular weight is 188 g/mol. The lowest BCUT2D eigenvalue weighted by molar-refractivity contribution is -0.137. The summed E-state index contributed by atoms with van der Waals surface area (Å²) >= 11 is 0. The Hall–Kier alpha value is -1.10. The molecule has 0 aromatic carbocycles. The maximum Gasteiger partial charge on any atom is 0.303 e. The van der Waals surface area contributed by atoms with Crippen molar-refractivity contribution >= 4 is 11.9 Å². The third kappa shape index (κ3) is 5.19. The lowest BCUT2D eigenvalue weighted by atomic mass is 10.1. The fourth-order valence-corrected chi connectivity index (χ4v) is 1.01. The molecule has 0 saturated carbocycles. The normalized spacial score (nSPS) is 12.2. The van der Waals surface area contributed by atoms with Gasteiger partial charge in [0, 0.05) is 13.5 Å². The maximum atomic E-state index is 11.1. The molecule has 5 heteroatoms. The van der Waals surface area contributed by atoms with E-state index in [1.807, 2.05) is 6.92 Å². The Balaban J connectivity index is 3.93. The second-order valence-electron chi connectivity index (χ2n) is 2.66. The smallest absolute Gasteiger partial charge is 0.303 e. The number of carboxylic acid groups (broad SMARTS) is 1. The molecule has 76 valence electrons. The number of rotatable bonds is 6. The highest BCUT2D eigenvalue weighted by atomic mass is 16.4. The molecule has 1 amide bonds. The quantitative estimate of drug-likeness (QED) is 0.529. The molecule has 0 spiro atoms. The minimum atomic E-state index is -0.883. The van der Waals surface area contributed by atoms with Gasteiger partial charge in [-0.2, -0.15) is 0 Å². The molecule has 13 heavy (non-hydrogen) atoms. The van der Waals surface area contributed by atoms with Gasteiger partial charge in [-0.25, -0.2) is 0 Å². The molecule has 0 aliphatic carbocycles. The number of amides is 1. The van der Waals surface area contributed by atoms with Crippen molar-refractivity contribution in [3.63, 3.8) is 0 Å². The Labute approximate surface area is 77.5 Å². The highest BCUT2D eigenvalue weighted by molar-refractivity contribution is 5.82. The van der Waals surface area contributed by atoms with Crippen molar-refractivity contribution in [1.82, 2.24) is 10.6 Å². The zero-order valence-electron chi connectivity index (χ0n) is 7.96. The lowest BCUT2D eigenvalue weighted by Gasteiger charge is -2.14. The monoisotopic (exact) mass is 188 g/mol. The summed E-state index contributed by atoms with van der Waals surface area (Å²) < 4.78 is 0. The van der Waals surface area contributed by atoms with E-state index in [4.69, 9.17) is 5.11 Å². The summed E-state index contributed by atoms with van der Waals surface area (Å²) in [5.41, 5.74) is 0. The molecule has 0 bridgehead atoms. The second-order valence-corrected chi connectivity index (χ2v) is 2.66. The summed E-state index contributed by atoms with van der Waals surface area (Å²) in [6.45, 7) is 2.52. The van der Waals surface area contributed by atoms with Crippen molar-refractivity contribution in [3.8, 4) is 0 Å². The molecule has 0 aliphatic heterocycles. The van der Waals surface area contributed by atoms with Gasteiger partial charge in [0.25, 0.3) is 0 Å². The van der Waals surface area contributed by atoms with Gasteiger partial charge >= 0.3 is 5.97 Å². The molecule has 1 unspecified atom stereocenters. The van der Waals surface area contributed by atoms with Crippen LogP contribution in [0.1, 0.15) is 19.8 Å². The number of carboxylic acids is 1. The number of carbonyl (C=O) groups is 2. The zero-order chi connectivity index (χ0) is 10.3. The summed E-state index contributed by atoms with van der Waals surface area (Å²) in [5, 5.41) is 13.8. The van der Waals surface area contributed by atoms with E-state index in [1.165, 1.54) is 7.05 Å². The lowest BCUT2D eigenvalue weighted by Crippen LogP contribution is -2.43. The van der Waals surface area contributed by atoms with Crippen LogP contribution in [0.5, 0.6) is 0 Å². The van der Waals surface area contributed by atoms with Crippen LogP contribution < -0.4 is 10.6 Å². The van der Waals surface area contributed by atoms with E-state index in [2.05, 4.69) is 10.6 Å². The van der Waals surface area contributed by atoms with Gasteiger partial charge in [-0.15, -0.1) is 0 Å². The number of carbonyl (C=O) groups excluding carboxylic acids is 1. The topological polar surface area (TPSA) is 78.4 Å². The molecule has 0 radical (unpaired) electrons. The molecule has 0 aliphatic rings. The van der Waals surface area contributed by atoms with Gasteiger partial charge in [0.15, 0.2) is 0 Å². The van der Waals surface area contributed by atoms with Gasteiger partial charge in [-0.3, -0.25) is 9.59 Å². The molecule has 0 heterocycles. The molecule has 5 nitrogen and oxygen atoms in total. The van der Waals surface area contributed by atoms with Crippen LogP contribution in [0.2, 0.25) is 0 Å². The molecule has 0 fully saturated rings. The van der Waals surface area contributed by atoms with Gasteiger partial charge in [0.2, 0.25) is 5.91 Å². The fraction of sp³-hybridized carbons (Fsp3) is 0.750. The molecule has 0 saturated heterocycles. The Bertz CT molecular complexity index is 182. The molecular weight excluding hydrogens is 172 g/mol. The second kappa shape index (κ2) is 6.42. The van der Waals surface area contributed by atoms with E-state index in [-0.39, 0.29) is 12.3 Å². The highest BCUT2D eigenvalue weighted by Gasteiger charge is 2.16. The van der Waals surface area contributed by atoms with Gasteiger partial charge in [0.1, 0.15) is 0 Å². The standard InChI is InChI=1S/C8H16N2O3/c1-3-10-6(8(13)9-2)4-5-7(11)12/h6,10H,3-5H2,1-2H3,(H,9,13)(H,11,12). The Morgan fingerprint density at radius 1 is 1.46 bits per heavy atom. The van der Waals surface area contributed by atoms with Gasteiger partial charge in [-0.05, 0) is 13.0 Å². The van der Waals surface area contributed by atoms with Crippen LogP contribution in [0, 0.1) is 0 Å². The molecule has 0 rings (SSSR count). The van der Waals surface area contributed by atoms with E-state index >= 15 is 0 Å². The first-order valence-corrected chi connectivity index (χ1v) is 4.28. The van der Waals surface area contributed by atoms with Crippen molar-refractivity contribution < 1.29 is 14.7 Å². The van der Waals surface area contributed by atoms with Crippen LogP contribution in [0.15, 0.2) is 0 Å². The summed E-state index contributed by atoms with van der Waals surface area (Å²) in [6, 6.07) is -0.397. The minimum absolute atomic E-state index is 0.00505. The molecule has 3 N–H and O–H groups in total. The number of hydrogen-bond donors (Lipinski definition) is 3. The van der Waals surface area contributed by atoms with Crippen molar-refractivity contribution in [2.75, 3.05) is 13.6 Å². The van der Waals surface area contributed by atoms with Gasteiger partial charge in [0.05, 0.1) is 6.04 Å². The Morgan fingerprint density at radius 2 is 2.08 bits per heavy atom. The SMILES string of the molecule is CCNC(CCC(=O)O)C(=O)NC. The molecule has 0 aromatic rings. The number of likely N-dealkylation sites (N-methyl/N-ethyl adjacent to an activating group) is 2. The predicted molar refractivity (Wildman–Crippen MR) is 48.4 cm³/mol. The first-order chi connectivity index (χ1) is 6.11. The first-order valence-electron chi connectivity index (χ1n) is 4.28. The fourth-order valence-electron chi connectivity index (χ4n) is 1.01. The Morgan fingerprint density at radius 3 is 2.46 bits per heavy atom. The third-order valence-corrected chi connectivity index (χ3v) is 1.66. The summed E-state index contributed by atoms with van der Waals surface area (Å²) in [5.74, 6) is -1.05. The minimum Gasteiger partial charge on any atom is -0.481 e. The highest BCUT2D eigenvalue weighted by Crippen LogP contribution is 1.97. The number of aliphatic carboxylic acids is 1. The van der Waals surface area contributed by atoms with E-state index in [0.29, 0.717) is 13.0 Å². The molecule has 1 atom stereocenters. The van der Waals surface area contributed by atoms with Gasteiger partial charge in [-0.1, -0.05) is 6.92 Å².